The molecule has 1 N–H and O–H groups in total. The Bertz CT molecular complexity index is 529. The van der Waals surface area contributed by atoms with E-state index < -0.39 is 0 Å². The lowest BCUT2D eigenvalue weighted by Crippen LogP contribution is -2.50. The van der Waals surface area contributed by atoms with Crippen LogP contribution in [0, 0.1) is 11.8 Å². The van der Waals surface area contributed by atoms with Crippen LogP contribution >= 0.6 is 23.1 Å². The summed E-state index contributed by atoms with van der Waals surface area (Å²) in [5, 5.41) is 4.97. The topological polar surface area (TPSA) is 49.4 Å². The second-order valence-corrected chi connectivity index (χ2v) is 8.92. The molecule has 1 aliphatic heterocycles. The number of carbonyl (C=O) groups excluding carboxylic acids is 2. The van der Waals surface area contributed by atoms with Gasteiger partial charge in [0.2, 0.25) is 5.91 Å². The van der Waals surface area contributed by atoms with Crippen molar-refractivity contribution in [2.75, 3.05) is 12.3 Å². The summed E-state index contributed by atoms with van der Waals surface area (Å²) in [6, 6.07) is 3.36. The molecule has 1 fully saturated rings. The zero-order valence-electron chi connectivity index (χ0n) is 14.2. The van der Waals surface area contributed by atoms with Gasteiger partial charge in [-0.15, -0.1) is 23.1 Å². The first-order chi connectivity index (χ1) is 10.9. The van der Waals surface area contributed by atoms with Crippen molar-refractivity contribution in [3.05, 3.63) is 22.4 Å². The average Bonchev–Trinajstić information content (AvgIpc) is 3.12. The van der Waals surface area contributed by atoms with Gasteiger partial charge in [0.15, 0.2) is 0 Å². The van der Waals surface area contributed by atoms with E-state index in [0.29, 0.717) is 29.0 Å². The lowest BCUT2D eigenvalue weighted by molar-refractivity contribution is -0.125. The van der Waals surface area contributed by atoms with E-state index in [2.05, 4.69) is 33.0 Å². The van der Waals surface area contributed by atoms with Gasteiger partial charge in [-0.2, -0.15) is 0 Å². The number of hydrogen-bond donors (Lipinski definition) is 1. The Morgan fingerprint density at radius 3 is 2.61 bits per heavy atom. The highest BCUT2D eigenvalue weighted by molar-refractivity contribution is 8.00. The van der Waals surface area contributed by atoms with Crippen LogP contribution in [-0.2, 0) is 4.79 Å². The first-order valence-electron chi connectivity index (χ1n) is 8.15. The molecule has 2 rings (SSSR count). The maximum atomic E-state index is 12.9. The summed E-state index contributed by atoms with van der Waals surface area (Å²) in [7, 11) is 0. The summed E-state index contributed by atoms with van der Waals surface area (Å²) in [5.41, 5.74) is 0. The quantitative estimate of drug-likeness (QED) is 0.851. The number of thiophene rings is 1. The van der Waals surface area contributed by atoms with E-state index in [1.54, 1.807) is 11.8 Å². The average molecular weight is 355 g/mol. The molecule has 0 spiro atoms. The molecule has 2 heterocycles. The van der Waals surface area contributed by atoms with E-state index in [0.717, 1.165) is 6.42 Å². The summed E-state index contributed by atoms with van der Waals surface area (Å²) < 4.78 is 0. The fraction of sp³-hybridized carbons (Fsp3) is 0.647. The number of thioether (sulfide) groups is 1. The highest BCUT2D eigenvalue weighted by Gasteiger charge is 2.42. The summed E-state index contributed by atoms with van der Waals surface area (Å²) in [4.78, 5) is 28.0. The van der Waals surface area contributed by atoms with Crippen molar-refractivity contribution in [2.45, 2.75) is 45.5 Å². The number of hydrogen-bond acceptors (Lipinski definition) is 4. The fourth-order valence-electron chi connectivity index (χ4n) is 2.57. The minimum Gasteiger partial charge on any atom is -0.354 e. The lowest BCUT2D eigenvalue weighted by Gasteiger charge is -2.29. The molecule has 2 unspecified atom stereocenters. The minimum absolute atomic E-state index is 0.0136. The second kappa shape index (κ2) is 8.20. The Kier molecular flexibility index (Phi) is 6.53. The van der Waals surface area contributed by atoms with E-state index in [4.69, 9.17) is 0 Å². The predicted octanol–water partition coefficient (Wildman–Crippen LogP) is 3.45. The van der Waals surface area contributed by atoms with E-state index in [1.807, 2.05) is 22.4 Å². The van der Waals surface area contributed by atoms with Gasteiger partial charge < -0.3 is 10.2 Å². The zero-order chi connectivity index (χ0) is 17.0. The van der Waals surface area contributed by atoms with Crippen LogP contribution in [0.4, 0.5) is 0 Å². The van der Waals surface area contributed by atoms with Crippen LogP contribution in [0.2, 0.25) is 0 Å². The van der Waals surface area contributed by atoms with Crippen molar-refractivity contribution in [1.82, 2.24) is 10.2 Å². The monoisotopic (exact) mass is 354 g/mol. The lowest BCUT2D eigenvalue weighted by atomic mass is 10.1. The Morgan fingerprint density at radius 2 is 2.04 bits per heavy atom. The number of nitrogens with one attached hydrogen (secondary N) is 1. The third kappa shape index (κ3) is 4.73. The highest BCUT2D eigenvalue weighted by atomic mass is 32.2. The standard InChI is InChI=1S/C17H26N2O2S2/c1-11(2)8-15-19(17(21)14-6-5-7-22-14)13(10-23-15)16(20)18-9-12(3)4/h5-7,11-13,15H,8-10H2,1-4H3,(H,18,20). The summed E-state index contributed by atoms with van der Waals surface area (Å²) >= 11 is 3.16. The van der Waals surface area contributed by atoms with Gasteiger partial charge in [0.25, 0.3) is 5.91 Å². The van der Waals surface area contributed by atoms with Gasteiger partial charge in [-0.05, 0) is 29.7 Å². The van der Waals surface area contributed by atoms with Gasteiger partial charge >= 0.3 is 0 Å². The van der Waals surface area contributed by atoms with Crippen LogP contribution in [0.1, 0.15) is 43.8 Å². The Labute approximate surface area is 147 Å². The smallest absolute Gasteiger partial charge is 0.265 e. The van der Waals surface area contributed by atoms with Crippen LogP contribution in [0.5, 0.6) is 0 Å². The minimum atomic E-state index is -0.364. The summed E-state index contributed by atoms with van der Waals surface area (Å²) in [6.07, 6.45) is 0.912. The third-order valence-electron chi connectivity index (χ3n) is 3.72. The number of rotatable bonds is 6. The Balaban J connectivity index is 2.16. The van der Waals surface area contributed by atoms with Crippen LogP contribution < -0.4 is 5.32 Å². The molecule has 2 amide bonds. The maximum absolute atomic E-state index is 12.9. The molecule has 0 radical (unpaired) electrons. The van der Waals surface area contributed by atoms with E-state index in [1.165, 1.54) is 11.3 Å². The van der Waals surface area contributed by atoms with Crippen LogP contribution in [-0.4, -0.2) is 40.4 Å². The highest BCUT2D eigenvalue weighted by Crippen LogP contribution is 2.35. The first-order valence-corrected chi connectivity index (χ1v) is 10.1. The molecule has 1 saturated heterocycles. The van der Waals surface area contributed by atoms with Crippen molar-refractivity contribution in [1.29, 1.82) is 0 Å². The molecule has 0 aliphatic carbocycles. The van der Waals surface area contributed by atoms with Crippen molar-refractivity contribution >= 4 is 34.9 Å². The molecular weight excluding hydrogens is 328 g/mol. The SMILES string of the molecule is CC(C)CNC(=O)C1CSC(CC(C)C)N1C(=O)c1cccs1. The molecule has 2 atom stereocenters. The molecule has 4 nitrogen and oxygen atoms in total. The van der Waals surface area contributed by atoms with Gasteiger partial charge in [0.1, 0.15) is 6.04 Å². The van der Waals surface area contributed by atoms with Crippen LogP contribution in [0.15, 0.2) is 17.5 Å². The Morgan fingerprint density at radius 1 is 1.30 bits per heavy atom. The molecule has 6 heteroatoms. The third-order valence-corrected chi connectivity index (χ3v) is 5.89. The van der Waals surface area contributed by atoms with Crippen molar-refractivity contribution < 1.29 is 9.59 Å². The first kappa shape index (κ1) is 18.3. The second-order valence-electron chi connectivity index (χ2n) is 6.76. The molecule has 1 aromatic rings. The van der Waals surface area contributed by atoms with Crippen molar-refractivity contribution in [2.24, 2.45) is 11.8 Å². The van der Waals surface area contributed by atoms with Gasteiger partial charge in [-0.3, -0.25) is 9.59 Å². The molecular formula is C17H26N2O2S2. The molecule has 0 aromatic carbocycles. The molecule has 0 bridgehead atoms. The number of carbonyl (C=O) groups is 2. The molecule has 0 saturated carbocycles. The molecule has 128 valence electrons. The van der Waals surface area contributed by atoms with Gasteiger partial charge in [0, 0.05) is 12.3 Å². The predicted molar refractivity (Wildman–Crippen MR) is 97.8 cm³/mol. The van der Waals surface area contributed by atoms with Crippen molar-refractivity contribution in [3.63, 3.8) is 0 Å². The van der Waals surface area contributed by atoms with Gasteiger partial charge in [0.05, 0.1) is 10.3 Å². The van der Waals surface area contributed by atoms with E-state index in [-0.39, 0.29) is 23.2 Å². The maximum Gasteiger partial charge on any atom is 0.265 e. The number of amides is 2. The largest absolute Gasteiger partial charge is 0.354 e. The van der Waals surface area contributed by atoms with Crippen LogP contribution in [0.3, 0.4) is 0 Å². The fourth-order valence-corrected chi connectivity index (χ4v) is 4.88. The van der Waals surface area contributed by atoms with Gasteiger partial charge in [-0.1, -0.05) is 33.8 Å². The summed E-state index contributed by atoms with van der Waals surface area (Å²) in [6.45, 7) is 9.09. The number of nitrogens with zero attached hydrogens (tertiary/aromatic N) is 1. The molecule has 1 aromatic heterocycles. The normalized spacial score (nSPS) is 21.2. The summed E-state index contributed by atoms with van der Waals surface area (Å²) in [5.74, 6) is 1.53. The van der Waals surface area contributed by atoms with Gasteiger partial charge in [-0.25, -0.2) is 0 Å². The van der Waals surface area contributed by atoms with E-state index >= 15 is 0 Å². The zero-order valence-corrected chi connectivity index (χ0v) is 15.9. The molecule has 23 heavy (non-hydrogen) atoms. The van der Waals surface area contributed by atoms with Crippen LogP contribution in [0.25, 0.3) is 0 Å². The van der Waals surface area contributed by atoms with Crippen molar-refractivity contribution in [3.8, 4) is 0 Å². The van der Waals surface area contributed by atoms with E-state index in [9.17, 15) is 9.59 Å². The Hall–Kier alpha value is -1.01. The molecule has 1 aliphatic rings.